The normalized spacial score (nSPS) is 15.3. The maximum absolute atomic E-state index is 12.8. The van der Waals surface area contributed by atoms with Gasteiger partial charge in [0.05, 0.1) is 16.6 Å². The highest BCUT2D eigenvalue weighted by atomic mass is 79.9. The van der Waals surface area contributed by atoms with Gasteiger partial charge in [-0.2, -0.15) is 0 Å². The van der Waals surface area contributed by atoms with Gasteiger partial charge in [-0.3, -0.25) is 14.8 Å². The number of fused-ring (bicyclic) bond motifs is 3. The summed E-state index contributed by atoms with van der Waals surface area (Å²) in [7, 11) is 0. The average molecular weight is 436 g/mol. The lowest BCUT2D eigenvalue weighted by atomic mass is 9.90. The average Bonchev–Trinajstić information content (AvgIpc) is 2.74. The van der Waals surface area contributed by atoms with Gasteiger partial charge in [-0.05, 0) is 48.1 Å². The lowest BCUT2D eigenvalue weighted by Crippen LogP contribution is -2.17. The zero-order valence-electron chi connectivity index (χ0n) is 15.1. The first-order valence-electron chi connectivity index (χ1n) is 9.35. The van der Waals surface area contributed by atoms with Crippen LogP contribution in [0.4, 0.5) is 0 Å². The molecular weight excluding hydrogens is 418 g/mol. The Morgan fingerprint density at radius 3 is 2.64 bits per heavy atom. The largest absolute Gasteiger partial charge is 0.381 e. The summed E-state index contributed by atoms with van der Waals surface area (Å²) in [5.74, 6) is 0.325. The van der Waals surface area contributed by atoms with Crippen LogP contribution in [0.15, 0.2) is 58.2 Å². The number of rotatable bonds is 2. The van der Waals surface area contributed by atoms with Crippen LogP contribution in [0.1, 0.15) is 24.5 Å². The molecule has 1 aromatic carbocycles. The smallest absolute Gasteiger partial charge is 0.258 e. The summed E-state index contributed by atoms with van der Waals surface area (Å²) < 4.78 is 6.50. The maximum Gasteiger partial charge on any atom is 0.258 e. The molecule has 3 aromatic heterocycles. The Balaban J connectivity index is 1.90. The van der Waals surface area contributed by atoms with Crippen LogP contribution < -0.4 is 5.56 Å². The minimum atomic E-state index is -0.123. The number of benzene rings is 1. The molecule has 0 unspecified atom stereocenters. The number of hydrogen-bond acceptors (Lipinski definition) is 4. The molecule has 0 atom stereocenters. The first-order valence-corrected chi connectivity index (χ1v) is 10.1. The number of aromatic amines is 1. The fourth-order valence-corrected chi connectivity index (χ4v) is 4.41. The molecule has 1 fully saturated rings. The van der Waals surface area contributed by atoms with Crippen LogP contribution >= 0.6 is 15.9 Å². The lowest BCUT2D eigenvalue weighted by molar-refractivity contribution is 0.0849. The van der Waals surface area contributed by atoms with Gasteiger partial charge in [0.15, 0.2) is 0 Å². The summed E-state index contributed by atoms with van der Waals surface area (Å²) in [5.41, 5.74) is 3.56. The van der Waals surface area contributed by atoms with Crippen LogP contribution in [0.25, 0.3) is 32.8 Å². The second kappa shape index (κ2) is 7.11. The third-order valence-corrected chi connectivity index (χ3v) is 5.92. The summed E-state index contributed by atoms with van der Waals surface area (Å²) in [4.78, 5) is 24.9. The SMILES string of the molecule is O=c1[nH]cc(-c2ccncc2)c2nc(C3CCOCC3)c3ccc(Br)cc3c12. The number of aromatic nitrogens is 3. The molecule has 4 heterocycles. The van der Waals surface area contributed by atoms with Crippen LogP contribution in [0.5, 0.6) is 0 Å². The van der Waals surface area contributed by atoms with Crippen molar-refractivity contribution in [2.75, 3.05) is 13.2 Å². The molecule has 5 nitrogen and oxygen atoms in total. The third-order valence-electron chi connectivity index (χ3n) is 5.43. The number of ether oxygens (including phenoxy) is 1. The molecular formula is C22H18BrN3O2. The Hall–Kier alpha value is -2.57. The first-order chi connectivity index (χ1) is 13.7. The van der Waals surface area contributed by atoms with Crippen molar-refractivity contribution in [2.24, 2.45) is 0 Å². The molecule has 0 saturated carbocycles. The molecule has 1 N–H and O–H groups in total. The van der Waals surface area contributed by atoms with Crippen molar-refractivity contribution in [3.05, 3.63) is 69.4 Å². The van der Waals surface area contributed by atoms with Crippen molar-refractivity contribution in [3.8, 4) is 11.1 Å². The Labute approximate surface area is 169 Å². The van der Waals surface area contributed by atoms with Crippen LogP contribution in [-0.4, -0.2) is 28.2 Å². The molecule has 0 radical (unpaired) electrons. The van der Waals surface area contributed by atoms with Gasteiger partial charge in [0.2, 0.25) is 0 Å². The molecule has 1 aliphatic heterocycles. The number of hydrogen-bond donors (Lipinski definition) is 1. The Kier molecular flexibility index (Phi) is 4.45. The fraction of sp³-hybridized carbons (Fsp3) is 0.227. The monoisotopic (exact) mass is 435 g/mol. The number of halogens is 1. The zero-order valence-corrected chi connectivity index (χ0v) is 16.7. The van der Waals surface area contributed by atoms with Gasteiger partial charge in [-0.25, -0.2) is 0 Å². The molecule has 0 bridgehead atoms. The quantitative estimate of drug-likeness (QED) is 0.459. The molecule has 1 saturated heterocycles. The molecule has 6 heteroatoms. The summed E-state index contributed by atoms with van der Waals surface area (Å²) in [6.07, 6.45) is 7.14. The van der Waals surface area contributed by atoms with Crippen molar-refractivity contribution in [1.82, 2.24) is 15.0 Å². The van der Waals surface area contributed by atoms with Crippen molar-refractivity contribution in [3.63, 3.8) is 0 Å². The van der Waals surface area contributed by atoms with Crippen molar-refractivity contribution in [1.29, 1.82) is 0 Å². The van der Waals surface area contributed by atoms with E-state index in [9.17, 15) is 4.79 Å². The molecule has 4 aromatic rings. The topological polar surface area (TPSA) is 67.9 Å². The minimum absolute atomic E-state index is 0.123. The standard InChI is InChI=1S/C22H18BrN3O2/c23-15-1-2-16-17(11-15)19-21(26-20(16)14-5-9-28-10-6-14)18(12-25-22(19)27)13-3-7-24-8-4-13/h1-4,7-8,11-12,14H,5-6,9-10H2,(H,25,27). The van der Waals surface area contributed by atoms with E-state index in [0.717, 1.165) is 63.6 Å². The summed E-state index contributed by atoms with van der Waals surface area (Å²) in [5, 5.41) is 2.60. The Morgan fingerprint density at radius 1 is 1.07 bits per heavy atom. The van der Waals surface area contributed by atoms with Gasteiger partial charge in [0.25, 0.3) is 5.56 Å². The summed E-state index contributed by atoms with van der Waals surface area (Å²) in [6, 6.07) is 9.98. The molecule has 28 heavy (non-hydrogen) atoms. The van der Waals surface area contributed by atoms with E-state index in [4.69, 9.17) is 9.72 Å². The highest BCUT2D eigenvalue weighted by Crippen LogP contribution is 2.37. The van der Waals surface area contributed by atoms with Gasteiger partial charge in [0.1, 0.15) is 0 Å². The Morgan fingerprint density at radius 2 is 1.86 bits per heavy atom. The molecule has 0 aliphatic carbocycles. The second-order valence-corrected chi connectivity index (χ2v) is 7.98. The van der Waals surface area contributed by atoms with Gasteiger partial charge in [0, 0.05) is 53.1 Å². The first kappa shape index (κ1) is 17.5. The number of nitrogens with zero attached hydrogens (tertiary/aromatic N) is 2. The van der Waals surface area contributed by atoms with Crippen LogP contribution in [0.3, 0.4) is 0 Å². The molecule has 140 valence electrons. The van der Waals surface area contributed by atoms with E-state index in [-0.39, 0.29) is 5.56 Å². The summed E-state index contributed by atoms with van der Waals surface area (Å²) in [6.45, 7) is 1.49. The van der Waals surface area contributed by atoms with Gasteiger partial charge in [-0.1, -0.05) is 22.0 Å². The lowest BCUT2D eigenvalue weighted by Gasteiger charge is -2.23. The van der Waals surface area contributed by atoms with Crippen molar-refractivity contribution < 1.29 is 4.74 Å². The molecule has 0 spiro atoms. The number of nitrogens with one attached hydrogen (secondary N) is 1. The van der Waals surface area contributed by atoms with Crippen molar-refractivity contribution >= 4 is 37.6 Å². The van der Waals surface area contributed by atoms with E-state index in [1.165, 1.54) is 0 Å². The number of pyridine rings is 3. The van der Waals surface area contributed by atoms with E-state index >= 15 is 0 Å². The predicted octanol–water partition coefficient (Wildman–Crippen LogP) is 4.79. The van der Waals surface area contributed by atoms with Gasteiger partial charge in [-0.15, -0.1) is 0 Å². The highest BCUT2D eigenvalue weighted by molar-refractivity contribution is 9.10. The van der Waals surface area contributed by atoms with Gasteiger partial charge >= 0.3 is 0 Å². The second-order valence-electron chi connectivity index (χ2n) is 7.06. The zero-order chi connectivity index (χ0) is 19.1. The minimum Gasteiger partial charge on any atom is -0.381 e. The number of H-pyrrole nitrogens is 1. The van der Waals surface area contributed by atoms with Crippen LogP contribution in [-0.2, 0) is 4.74 Å². The van der Waals surface area contributed by atoms with Crippen LogP contribution in [0, 0.1) is 0 Å². The van der Waals surface area contributed by atoms with E-state index in [1.54, 1.807) is 18.6 Å². The van der Waals surface area contributed by atoms with Crippen LogP contribution in [0.2, 0.25) is 0 Å². The summed E-state index contributed by atoms with van der Waals surface area (Å²) >= 11 is 3.57. The van der Waals surface area contributed by atoms with E-state index in [0.29, 0.717) is 11.3 Å². The molecule has 0 amide bonds. The van der Waals surface area contributed by atoms with E-state index < -0.39 is 0 Å². The highest BCUT2D eigenvalue weighted by Gasteiger charge is 2.23. The third kappa shape index (κ3) is 2.93. The van der Waals surface area contributed by atoms with Crippen molar-refractivity contribution in [2.45, 2.75) is 18.8 Å². The predicted molar refractivity (Wildman–Crippen MR) is 114 cm³/mol. The van der Waals surface area contributed by atoms with E-state index in [1.807, 2.05) is 24.3 Å². The fourth-order valence-electron chi connectivity index (χ4n) is 4.05. The maximum atomic E-state index is 12.8. The molecule has 1 aliphatic rings. The van der Waals surface area contributed by atoms with E-state index in [2.05, 4.69) is 32.0 Å². The Bertz CT molecular complexity index is 1230. The van der Waals surface area contributed by atoms with Gasteiger partial charge < -0.3 is 9.72 Å². The molecule has 5 rings (SSSR count).